The second-order valence-electron chi connectivity index (χ2n) is 4.38. The fourth-order valence-corrected chi connectivity index (χ4v) is 2.10. The molecule has 0 atom stereocenters. The van der Waals surface area contributed by atoms with Gasteiger partial charge in [0.1, 0.15) is 0 Å². The summed E-state index contributed by atoms with van der Waals surface area (Å²) in [5, 5.41) is 11.6. The van der Waals surface area contributed by atoms with Gasteiger partial charge in [0.25, 0.3) is 0 Å². The Morgan fingerprint density at radius 3 is 2.89 bits per heavy atom. The van der Waals surface area contributed by atoms with Gasteiger partial charge < -0.3 is 10.6 Å². The van der Waals surface area contributed by atoms with Crippen molar-refractivity contribution in [2.75, 3.05) is 13.6 Å². The summed E-state index contributed by atoms with van der Waals surface area (Å²) in [7, 11) is 1.65. The molecule has 1 heterocycles. The van der Waals surface area contributed by atoms with Crippen molar-refractivity contribution in [1.82, 2.24) is 20.4 Å². The molecule has 2 aromatic rings. The Kier molecular flexibility index (Phi) is 4.52. The van der Waals surface area contributed by atoms with Crippen molar-refractivity contribution in [3.63, 3.8) is 0 Å². The van der Waals surface area contributed by atoms with Crippen molar-refractivity contribution in [2.24, 2.45) is 0 Å². The van der Waals surface area contributed by atoms with E-state index in [1.54, 1.807) is 7.05 Å². The maximum atomic E-state index is 11.1. The van der Waals surface area contributed by atoms with E-state index in [4.69, 9.17) is 0 Å². The Balaban J connectivity index is 2.02. The second kappa shape index (κ2) is 6.33. The number of nitrogens with zero attached hydrogens (tertiary/aromatic N) is 2. The lowest BCUT2D eigenvalue weighted by Gasteiger charge is -2.02. The maximum Gasteiger partial charge on any atom is 0.221 e. The van der Waals surface area contributed by atoms with E-state index in [1.165, 1.54) is 5.39 Å². The summed E-state index contributed by atoms with van der Waals surface area (Å²) < 4.78 is 2.01. The molecule has 5 heteroatoms. The minimum absolute atomic E-state index is 0.0523. The van der Waals surface area contributed by atoms with Crippen molar-refractivity contribution in [1.29, 1.82) is 0 Å². The van der Waals surface area contributed by atoms with Crippen LogP contribution in [0, 0.1) is 0 Å². The quantitative estimate of drug-likeness (QED) is 0.769. The number of aryl methyl sites for hydroxylation is 1. The number of hydrogen-bond donors (Lipinski definition) is 2. The highest BCUT2D eigenvalue weighted by atomic mass is 16.1. The lowest BCUT2D eigenvalue weighted by Crippen LogP contribution is -2.24. The highest BCUT2D eigenvalue weighted by Gasteiger charge is 2.08. The van der Waals surface area contributed by atoms with Gasteiger partial charge in [-0.3, -0.25) is 9.48 Å². The monoisotopic (exact) mass is 260 g/mol. The van der Waals surface area contributed by atoms with Crippen LogP contribution in [0.25, 0.3) is 10.9 Å². The van der Waals surface area contributed by atoms with Crippen LogP contribution < -0.4 is 10.6 Å². The van der Waals surface area contributed by atoms with Crippen molar-refractivity contribution in [3.05, 3.63) is 30.0 Å². The SMILES string of the molecule is CCn1nc(CNCCC(=O)NC)c2ccccc21. The molecule has 1 aromatic heterocycles. The zero-order valence-electron chi connectivity index (χ0n) is 11.4. The number of fused-ring (bicyclic) bond motifs is 1. The van der Waals surface area contributed by atoms with Crippen molar-refractivity contribution in [2.45, 2.75) is 26.4 Å². The van der Waals surface area contributed by atoms with Gasteiger partial charge in [0.2, 0.25) is 5.91 Å². The summed E-state index contributed by atoms with van der Waals surface area (Å²) in [5.74, 6) is 0.0523. The van der Waals surface area contributed by atoms with Crippen LogP contribution in [0.2, 0.25) is 0 Å². The zero-order chi connectivity index (χ0) is 13.7. The van der Waals surface area contributed by atoms with Crippen LogP contribution in [0.4, 0.5) is 0 Å². The van der Waals surface area contributed by atoms with Gasteiger partial charge in [-0.15, -0.1) is 0 Å². The van der Waals surface area contributed by atoms with Gasteiger partial charge in [-0.25, -0.2) is 0 Å². The fraction of sp³-hybridized carbons (Fsp3) is 0.429. The molecule has 0 aliphatic carbocycles. The van der Waals surface area contributed by atoms with Crippen LogP contribution >= 0.6 is 0 Å². The van der Waals surface area contributed by atoms with Crippen molar-refractivity contribution in [3.8, 4) is 0 Å². The molecule has 5 nitrogen and oxygen atoms in total. The molecule has 102 valence electrons. The van der Waals surface area contributed by atoms with E-state index in [0.717, 1.165) is 17.8 Å². The van der Waals surface area contributed by atoms with E-state index >= 15 is 0 Å². The van der Waals surface area contributed by atoms with Gasteiger partial charge in [0.05, 0.1) is 11.2 Å². The molecule has 0 saturated heterocycles. The zero-order valence-corrected chi connectivity index (χ0v) is 11.4. The highest BCUT2D eigenvalue weighted by molar-refractivity contribution is 5.81. The molecule has 0 bridgehead atoms. The second-order valence-corrected chi connectivity index (χ2v) is 4.38. The van der Waals surface area contributed by atoms with E-state index in [-0.39, 0.29) is 5.91 Å². The first-order valence-corrected chi connectivity index (χ1v) is 6.62. The number of carbonyl (C=O) groups is 1. The van der Waals surface area contributed by atoms with E-state index in [0.29, 0.717) is 19.5 Å². The molecule has 0 radical (unpaired) electrons. The van der Waals surface area contributed by atoms with E-state index in [9.17, 15) is 4.79 Å². The van der Waals surface area contributed by atoms with E-state index < -0.39 is 0 Å². The van der Waals surface area contributed by atoms with Crippen LogP contribution in [0.15, 0.2) is 24.3 Å². The van der Waals surface area contributed by atoms with E-state index in [1.807, 2.05) is 16.8 Å². The Hall–Kier alpha value is -1.88. The summed E-state index contributed by atoms with van der Waals surface area (Å²) in [6.07, 6.45) is 0.489. The van der Waals surface area contributed by atoms with Gasteiger partial charge in [0.15, 0.2) is 0 Å². The molecular weight excluding hydrogens is 240 g/mol. The molecule has 19 heavy (non-hydrogen) atoms. The van der Waals surface area contributed by atoms with Gasteiger partial charge in [-0.05, 0) is 13.0 Å². The Morgan fingerprint density at radius 1 is 1.37 bits per heavy atom. The minimum atomic E-state index is 0.0523. The molecule has 2 rings (SSSR count). The molecule has 0 unspecified atom stereocenters. The average molecular weight is 260 g/mol. The van der Waals surface area contributed by atoms with Crippen LogP contribution in [-0.2, 0) is 17.9 Å². The summed E-state index contributed by atoms with van der Waals surface area (Å²) in [5.41, 5.74) is 2.20. The number of aromatic nitrogens is 2. The summed E-state index contributed by atoms with van der Waals surface area (Å²) in [6, 6.07) is 8.22. The van der Waals surface area contributed by atoms with Gasteiger partial charge in [-0.1, -0.05) is 18.2 Å². The lowest BCUT2D eigenvalue weighted by atomic mass is 10.2. The molecule has 0 spiro atoms. The molecule has 0 fully saturated rings. The first kappa shape index (κ1) is 13.5. The van der Waals surface area contributed by atoms with Crippen LogP contribution in [0.1, 0.15) is 19.0 Å². The van der Waals surface area contributed by atoms with E-state index in [2.05, 4.69) is 34.8 Å². The number of para-hydroxylation sites is 1. The molecule has 0 saturated carbocycles. The first-order valence-electron chi connectivity index (χ1n) is 6.62. The predicted molar refractivity (Wildman–Crippen MR) is 75.8 cm³/mol. The Morgan fingerprint density at radius 2 is 2.16 bits per heavy atom. The van der Waals surface area contributed by atoms with Crippen LogP contribution in [-0.4, -0.2) is 29.3 Å². The van der Waals surface area contributed by atoms with Gasteiger partial charge in [0, 0.05) is 38.5 Å². The number of hydrogen-bond acceptors (Lipinski definition) is 3. The van der Waals surface area contributed by atoms with Gasteiger partial charge >= 0.3 is 0 Å². The Labute approximate surface area is 113 Å². The largest absolute Gasteiger partial charge is 0.359 e. The number of nitrogens with one attached hydrogen (secondary N) is 2. The summed E-state index contributed by atoms with van der Waals surface area (Å²) >= 11 is 0. The number of amides is 1. The Bertz CT molecular complexity index is 562. The summed E-state index contributed by atoms with van der Waals surface area (Å²) in [4.78, 5) is 11.1. The standard InChI is InChI=1S/C14H20N4O/c1-3-18-13-7-5-4-6-11(13)12(17-18)10-16-9-8-14(19)15-2/h4-7,16H,3,8-10H2,1-2H3,(H,15,19). The number of rotatable bonds is 6. The number of benzene rings is 1. The smallest absolute Gasteiger partial charge is 0.221 e. The average Bonchev–Trinajstić information content (AvgIpc) is 2.81. The van der Waals surface area contributed by atoms with Crippen LogP contribution in [0.3, 0.4) is 0 Å². The maximum absolute atomic E-state index is 11.1. The third kappa shape index (κ3) is 3.12. The minimum Gasteiger partial charge on any atom is -0.359 e. The summed E-state index contributed by atoms with van der Waals surface area (Å²) in [6.45, 7) is 4.29. The topological polar surface area (TPSA) is 59.0 Å². The third-order valence-corrected chi connectivity index (χ3v) is 3.13. The highest BCUT2D eigenvalue weighted by Crippen LogP contribution is 2.18. The normalized spacial score (nSPS) is 10.8. The van der Waals surface area contributed by atoms with Gasteiger partial charge in [-0.2, -0.15) is 5.10 Å². The number of carbonyl (C=O) groups excluding carboxylic acids is 1. The van der Waals surface area contributed by atoms with Crippen molar-refractivity contribution >= 4 is 16.8 Å². The first-order chi connectivity index (χ1) is 9.26. The predicted octanol–water partition coefficient (Wildman–Crippen LogP) is 1.28. The third-order valence-electron chi connectivity index (χ3n) is 3.13. The van der Waals surface area contributed by atoms with Crippen molar-refractivity contribution < 1.29 is 4.79 Å². The molecule has 0 aliphatic heterocycles. The molecule has 1 amide bonds. The fourth-order valence-electron chi connectivity index (χ4n) is 2.10. The molecule has 0 aliphatic rings. The lowest BCUT2D eigenvalue weighted by molar-refractivity contribution is -0.120. The van der Waals surface area contributed by atoms with Crippen LogP contribution in [0.5, 0.6) is 0 Å². The molecule has 2 N–H and O–H groups in total. The molecule has 1 aromatic carbocycles. The molecular formula is C14H20N4O.